The van der Waals surface area contributed by atoms with Crippen molar-refractivity contribution < 1.29 is 56.9 Å². The molecular weight excluding hydrogens is 943 g/mol. The Kier molecular flexibility index (Phi) is 17.6. The predicted molar refractivity (Wildman–Crippen MR) is 264 cm³/mol. The Morgan fingerprint density at radius 2 is 0.712 bits per heavy atom. The van der Waals surface area contributed by atoms with Gasteiger partial charge in [0.15, 0.2) is 34.7 Å². The van der Waals surface area contributed by atoms with Crippen molar-refractivity contribution in [3.05, 3.63) is 178 Å². The highest BCUT2D eigenvalue weighted by Crippen LogP contribution is 2.32. The van der Waals surface area contributed by atoms with Crippen molar-refractivity contribution in [2.75, 3.05) is 21.3 Å². The fourth-order valence-electron chi connectivity index (χ4n) is 8.80. The number of benzene rings is 4. The Bertz CT molecular complexity index is 2940. The summed E-state index contributed by atoms with van der Waals surface area (Å²) in [5, 5.41) is 22.1. The number of carbonyl (C=O) groups is 6. The number of methoxy groups -OCH3 is 3. The van der Waals surface area contributed by atoms with E-state index in [1.54, 1.807) is 49.1 Å². The van der Waals surface area contributed by atoms with Crippen molar-refractivity contribution in [2.45, 2.75) is 75.5 Å². The molecule has 4 amide bonds. The van der Waals surface area contributed by atoms with Crippen LogP contribution in [0.2, 0.25) is 0 Å². The van der Waals surface area contributed by atoms with Gasteiger partial charge in [-0.25, -0.2) is 8.78 Å². The number of hydrogen-bond donors (Lipinski definition) is 5. The SMILES string of the molecule is COc1ccc(O)c(C(=O)c2ccc(C(=O)N[C@@H]3CCCC[C@H]3NC(=O)c3ccncc3)cc2)c1F.COc1ccc(OC)c(C(=O)c2ccc(C(=O)N[C@@H]3CCCC[C@H]3NC(=O)c3ccncc3)cc2)c1F. The molecule has 0 radical (unpaired) electrons. The number of rotatable bonds is 15. The van der Waals surface area contributed by atoms with Crippen LogP contribution in [0.4, 0.5) is 8.78 Å². The number of ketones is 2. The molecular formula is C55H54F2N6O10. The van der Waals surface area contributed by atoms with Crippen LogP contribution in [0.5, 0.6) is 23.0 Å². The highest BCUT2D eigenvalue weighted by molar-refractivity contribution is 6.12. The summed E-state index contributed by atoms with van der Waals surface area (Å²) in [5.74, 6) is -4.85. The van der Waals surface area contributed by atoms with Crippen LogP contribution in [0.15, 0.2) is 122 Å². The second kappa shape index (κ2) is 24.5. The Hall–Kier alpha value is -8.54. The van der Waals surface area contributed by atoms with Gasteiger partial charge in [0, 0.05) is 82.3 Å². The Balaban J connectivity index is 0.000000214. The summed E-state index contributed by atoms with van der Waals surface area (Å²) in [5.41, 5.74) is 1.23. The number of hydrogen-bond acceptors (Lipinski definition) is 12. The van der Waals surface area contributed by atoms with Crippen molar-refractivity contribution in [1.29, 1.82) is 0 Å². The van der Waals surface area contributed by atoms with E-state index < -0.39 is 34.5 Å². The van der Waals surface area contributed by atoms with Gasteiger partial charge in [-0.1, -0.05) is 49.9 Å². The van der Waals surface area contributed by atoms with Gasteiger partial charge in [0.05, 0.1) is 21.3 Å². The molecule has 16 nitrogen and oxygen atoms in total. The third-order valence-electron chi connectivity index (χ3n) is 12.8. The van der Waals surface area contributed by atoms with E-state index in [1.807, 2.05) is 0 Å². The average molecular weight is 997 g/mol. The van der Waals surface area contributed by atoms with Crippen LogP contribution in [0, 0.1) is 11.6 Å². The van der Waals surface area contributed by atoms with Gasteiger partial charge in [0.1, 0.15) is 22.6 Å². The Labute approximate surface area is 419 Å². The predicted octanol–water partition coefficient (Wildman–Crippen LogP) is 7.58. The molecule has 2 aromatic heterocycles. The van der Waals surface area contributed by atoms with Crippen molar-refractivity contribution in [3.63, 3.8) is 0 Å². The molecule has 4 aromatic carbocycles. The molecule has 2 aliphatic rings. The highest BCUT2D eigenvalue weighted by Gasteiger charge is 2.31. The van der Waals surface area contributed by atoms with Crippen molar-refractivity contribution in [1.82, 2.24) is 31.2 Å². The third-order valence-corrected chi connectivity index (χ3v) is 12.8. The van der Waals surface area contributed by atoms with E-state index >= 15 is 0 Å². The van der Waals surface area contributed by atoms with E-state index in [0.29, 0.717) is 22.3 Å². The molecule has 73 heavy (non-hydrogen) atoms. The molecule has 4 atom stereocenters. The fourth-order valence-corrected chi connectivity index (χ4v) is 8.80. The van der Waals surface area contributed by atoms with Crippen LogP contribution in [0.25, 0.3) is 0 Å². The van der Waals surface area contributed by atoms with E-state index in [0.717, 1.165) is 51.4 Å². The number of ether oxygens (including phenoxy) is 3. The molecule has 5 N–H and O–H groups in total. The minimum Gasteiger partial charge on any atom is -0.507 e. The zero-order chi connectivity index (χ0) is 52.0. The first kappa shape index (κ1) is 52.3. The lowest BCUT2D eigenvalue weighted by molar-refractivity contribution is 0.0862. The number of aromatic nitrogens is 2. The maximum Gasteiger partial charge on any atom is 0.251 e. The molecule has 2 fully saturated rings. The van der Waals surface area contributed by atoms with Crippen LogP contribution < -0.4 is 35.5 Å². The minimum absolute atomic E-state index is 0.0711. The van der Waals surface area contributed by atoms with Crippen LogP contribution in [-0.4, -0.2) is 95.8 Å². The van der Waals surface area contributed by atoms with Gasteiger partial charge < -0.3 is 40.6 Å². The number of phenolic OH excluding ortho intramolecular Hbond substituents is 1. The number of phenols is 1. The molecule has 0 bridgehead atoms. The molecule has 6 aromatic rings. The van der Waals surface area contributed by atoms with Crippen LogP contribution in [-0.2, 0) is 0 Å². The molecule has 2 saturated carbocycles. The van der Waals surface area contributed by atoms with E-state index in [4.69, 9.17) is 14.2 Å². The molecule has 0 saturated heterocycles. The van der Waals surface area contributed by atoms with Gasteiger partial charge in [-0.05, 0) is 98.5 Å². The maximum absolute atomic E-state index is 14.8. The van der Waals surface area contributed by atoms with Gasteiger partial charge in [-0.15, -0.1) is 0 Å². The van der Waals surface area contributed by atoms with Gasteiger partial charge in [-0.3, -0.25) is 38.7 Å². The fraction of sp³-hybridized carbons (Fsp3) is 0.273. The summed E-state index contributed by atoms with van der Waals surface area (Å²) in [6.45, 7) is 0. The molecule has 2 heterocycles. The van der Waals surface area contributed by atoms with Crippen LogP contribution >= 0.6 is 0 Å². The normalized spacial score (nSPS) is 17.1. The standard InChI is InChI=1S/C28H28FN3O5.C27H26FN3O5/c1-36-22-11-12-23(37-2)25(29)24(22)26(33)17-7-9-18(10-8-17)27(34)31-20-5-3-4-6-21(20)32-28(35)19-13-15-30-16-14-19;1-36-22-11-10-21(32)23(24(22)28)25(33)16-6-8-17(9-7-16)26(34)30-19-4-2-3-5-20(19)31-27(35)18-12-14-29-15-13-18/h7-16,20-21H,3-6H2,1-2H3,(H,31,34)(H,32,35);6-15,19-20,32H,2-5H2,1H3,(H,30,34)(H,31,35)/t20-,21-;19-,20-/m11/s1. The second-order valence-electron chi connectivity index (χ2n) is 17.3. The maximum atomic E-state index is 14.8. The molecule has 18 heteroatoms. The second-order valence-corrected chi connectivity index (χ2v) is 17.3. The third kappa shape index (κ3) is 12.7. The number of aromatic hydroxyl groups is 1. The number of halogens is 2. The number of amides is 4. The van der Waals surface area contributed by atoms with Gasteiger partial charge in [0.2, 0.25) is 0 Å². The molecule has 0 aliphatic heterocycles. The molecule has 378 valence electrons. The Morgan fingerprint density at radius 1 is 0.425 bits per heavy atom. The topological polar surface area (TPSA) is 224 Å². The summed E-state index contributed by atoms with van der Waals surface area (Å²) in [6.07, 6.45) is 12.9. The number of nitrogens with zero attached hydrogens (tertiary/aromatic N) is 2. The quantitative estimate of drug-likeness (QED) is 0.0628. The zero-order valence-corrected chi connectivity index (χ0v) is 40.3. The summed E-state index contributed by atoms with van der Waals surface area (Å²) >= 11 is 0. The highest BCUT2D eigenvalue weighted by atomic mass is 19.1. The van der Waals surface area contributed by atoms with Crippen molar-refractivity contribution in [3.8, 4) is 23.0 Å². The van der Waals surface area contributed by atoms with Crippen LogP contribution in [0.3, 0.4) is 0 Å². The first-order valence-corrected chi connectivity index (χ1v) is 23.6. The Morgan fingerprint density at radius 3 is 1.07 bits per heavy atom. The first-order chi connectivity index (χ1) is 35.3. The number of pyridine rings is 2. The number of carbonyl (C=O) groups excluding carboxylic acids is 6. The van der Waals surface area contributed by atoms with Gasteiger partial charge >= 0.3 is 0 Å². The lowest BCUT2D eigenvalue weighted by Gasteiger charge is -2.32. The number of nitrogens with one attached hydrogen (secondary N) is 4. The lowest BCUT2D eigenvalue weighted by atomic mass is 9.89. The summed E-state index contributed by atoms with van der Waals surface area (Å²) in [6, 6.07) is 22.6. The smallest absolute Gasteiger partial charge is 0.251 e. The molecule has 8 rings (SSSR count). The van der Waals surface area contributed by atoms with E-state index in [1.165, 1.54) is 94.1 Å². The monoisotopic (exact) mass is 996 g/mol. The molecule has 0 unspecified atom stereocenters. The van der Waals surface area contributed by atoms with E-state index in [9.17, 15) is 42.7 Å². The van der Waals surface area contributed by atoms with E-state index in [2.05, 4.69) is 31.2 Å². The average Bonchev–Trinajstić information content (AvgIpc) is 3.42. The minimum atomic E-state index is -0.957. The summed E-state index contributed by atoms with van der Waals surface area (Å²) < 4.78 is 44.4. The molecule has 0 spiro atoms. The van der Waals surface area contributed by atoms with Crippen molar-refractivity contribution >= 4 is 35.2 Å². The summed E-state index contributed by atoms with van der Waals surface area (Å²) in [7, 11) is 3.93. The molecule has 2 aliphatic carbocycles. The van der Waals surface area contributed by atoms with E-state index in [-0.39, 0.29) is 81.7 Å². The van der Waals surface area contributed by atoms with Crippen molar-refractivity contribution in [2.24, 2.45) is 0 Å². The van der Waals surface area contributed by atoms with Gasteiger partial charge in [0.25, 0.3) is 23.6 Å². The lowest BCUT2D eigenvalue weighted by Crippen LogP contribution is -2.53. The van der Waals surface area contributed by atoms with Gasteiger partial charge in [-0.2, -0.15) is 0 Å². The first-order valence-electron chi connectivity index (χ1n) is 23.6. The summed E-state index contributed by atoms with van der Waals surface area (Å²) in [4.78, 5) is 84.8. The zero-order valence-electron chi connectivity index (χ0n) is 40.3. The van der Waals surface area contributed by atoms with Crippen LogP contribution in [0.1, 0.15) is 125 Å². The largest absolute Gasteiger partial charge is 0.507 e.